The lowest BCUT2D eigenvalue weighted by Gasteiger charge is -2.00. The van der Waals surface area contributed by atoms with Crippen LogP contribution in [0.15, 0.2) is 24.7 Å². The number of hydrogen-bond donors (Lipinski definition) is 0. The smallest absolute Gasteiger partial charge is 0.0693 e. The number of rotatable bonds is 3. The summed E-state index contributed by atoms with van der Waals surface area (Å²) in [5, 5.41) is 8.45. The molecule has 0 saturated carbocycles. The number of hydrogen-bond acceptors (Lipinski definition) is 2. The Kier molecular flexibility index (Phi) is 2.35. The van der Waals surface area contributed by atoms with Crippen LogP contribution >= 0.6 is 0 Å². The van der Waals surface area contributed by atoms with Crippen molar-refractivity contribution in [3.63, 3.8) is 0 Å². The largest absolute Gasteiger partial charge is 0.273 e. The molecular weight excluding hydrogens is 176 g/mol. The molecule has 0 aliphatic rings. The minimum Gasteiger partial charge on any atom is -0.273 e. The van der Waals surface area contributed by atoms with Gasteiger partial charge >= 0.3 is 0 Å². The van der Waals surface area contributed by atoms with E-state index >= 15 is 0 Å². The van der Waals surface area contributed by atoms with Gasteiger partial charge in [0.2, 0.25) is 0 Å². The molecule has 0 N–H and O–H groups in total. The van der Waals surface area contributed by atoms with Crippen LogP contribution in [0.1, 0.15) is 18.2 Å². The van der Waals surface area contributed by atoms with Crippen molar-refractivity contribution in [1.82, 2.24) is 19.6 Å². The van der Waals surface area contributed by atoms with Crippen molar-refractivity contribution in [3.8, 4) is 0 Å². The highest BCUT2D eigenvalue weighted by molar-refractivity contribution is 5.07. The zero-order valence-electron chi connectivity index (χ0n) is 8.51. The van der Waals surface area contributed by atoms with Crippen LogP contribution in [0.4, 0.5) is 0 Å². The first kappa shape index (κ1) is 8.99. The van der Waals surface area contributed by atoms with E-state index in [4.69, 9.17) is 0 Å². The fourth-order valence-electron chi connectivity index (χ4n) is 1.40. The Morgan fingerprint density at radius 3 is 2.79 bits per heavy atom. The van der Waals surface area contributed by atoms with Crippen LogP contribution in [-0.4, -0.2) is 19.6 Å². The number of aryl methyl sites for hydroxylation is 2. The van der Waals surface area contributed by atoms with Crippen LogP contribution in [0, 0.1) is 6.92 Å². The van der Waals surface area contributed by atoms with Crippen molar-refractivity contribution < 1.29 is 0 Å². The first-order chi connectivity index (χ1) is 6.79. The molecule has 74 valence electrons. The van der Waals surface area contributed by atoms with E-state index in [9.17, 15) is 0 Å². The van der Waals surface area contributed by atoms with Crippen LogP contribution in [0.25, 0.3) is 0 Å². The third kappa shape index (κ3) is 1.69. The van der Waals surface area contributed by atoms with Crippen molar-refractivity contribution in [2.24, 2.45) is 0 Å². The quantitative estimate of drug-likeness (QED) is 0.734. The van der Waals surface area contributed by atoms with Crippen LogP contribution < -0.4 is 0 Å². The zero-order valence-corrected chi connectivity index (χ0v) is 8.51. The van der Waals surface area contributed by atoms with Gasteiger partial charge in [0.05, 0.1) is 12.7 Å². The molecule has 0 radical (unpaired) electrons. The lowest BCUT2D eigenvalue weighted by atomic mass is 10.3. The second-order valence-corrected chi connectivity index (χ2v) is 3.33. The highest BCUT2D eigenvalue weighted by atomic mass is 15.3. The fourth-order valence-corrected chi connectivity index (χ4v) is 1.40. The van der Waals surface area contributed by atoms with Gasteiger partial charge in [-0.2, -0.15) is 10.2 Å². The van der Waals surface area contributed by atoms with Crippen LogP contribution in [-0.2, 0) is 13.1 Å². The summed E-state index contributed by atoms with van der Waals surface area (Å²) in [5.41, 5.74) is 2.37. The van der Waals surface area contributed by atoms with Crippen molar-refractivity contribution in [1.29, 1.82) is 0 Å². The Balaban J connectivity index is 2.15. The molecule has 0 unspecified atom stereocenters. The molecule has 0 atom stereocenters. The maximum atomic E-state index is 4.23. The van der Waals surface area contributed by atoms with Gasteiger partial charge in [0.1, 0.15) is 0 Å². The Labute approximate surface area is 83.2 Å². The van der Waals surface area contributed by atoms with Gasteiger partial charge in [-0.3, -0.25) is 9.36 Å². The Morgan fingerprint density at radius 2 is 2.21 bits per heavy atom. The molecule has 0 spiro atoms. The SMILES string of the molecule is CCn1cc(Cn2nccc2C)cn1. The van der Waals surface area contributed by atoms with E-state index in [1.54, 1.807) is 0 Å². The molecule has 0 fully saturated rings. The molecular formula is C10H14N4. The second-order valence-electron chi connectivity index (χ2n) is 3.33. The van der Waals surface area contributed by atoms with Gasteiger partial charge in [-0.15, -0.1) is 0 Å². The summed E-state index contributed by atoms with van der Waals surface area (Å²) in [4.78, 5) is 0. The van der Waals surface area contributed by atoms with Gasteiger partial charge in [0, 0.05) is 30.2 Å². The average molecular weight is 190 g/mol. The topological polar surface area (TPSA) is 35.6 Å². The minimum absolute atomic E-state index is 0.804. The molecule has 2 aromatic rings. The van der Waals surface area contributed by atoms with Crippen LogP contribution in [0.5, 0.6) is 0 Å². The maximum absolute atomic E-state index is 4.23. The van der Waals surface area contributed by atoms with E-state index < -0.39 is 0 Å². The molecule has 4 nitrogen and oxygen atoms in total. The summed E-state index contributed by atoms with van der Waals surface area (Å²) >= 11 is 0. The van der Waals surface area contributed by atoms with Crippen molar-refractivity contribution >= 4 is 0 Å². The lowest BCUT2D eigenvalue weighted by Crippen LogP contribution is -2.02. The molecule has 0 saturated heterocycles. The number of aromatic nitrogens is 4. The summed E-state index contributed by atoms with van der Waals surface area (Å²) < 4.78 is 3.89. The standard InChI is InChI=1S/C10H14N4/c1-3-13-7-10(6-12-13)8-14-9(2)4-5-11-14/h4-7H,3,8H2,1-2H3. The van der Waals surface area contributed by atoms with E-state index in [0.29, 0.717) is 0 Å². The third-order valence-corrected chi connectivity index (χ3v) is 2.27. The van der Waals surface area contributed by atoms with Gasteiger partial charge in [0.15, 0.2) is 0 Å². The van der Waals surface area contributed by atoms with Gasteiger partial charge in [-0.1, -0.05) is 0 Å². The minimum atomic E-state index is 0.804. The molecule has 2 heterocycles. The summed E-state index contributed by atoms with van der Waals surface area (Å²) in [5.74, 6) is 0. The van der Waals surface area contributed by atoms with Gasteiger partial charge in [-0.05, 0) is 19.9 Å². The fraction of sp³-hybridized carbons (Fsp3) is 0.400. The molecule has 0 bridgehead atoms. The zero-order chi connectivity index (χ0) is 9.97. The van der Waals surface area contributed by atoms with Gasteiger partial charge in [0.25, 0.3) is 0 Å². The first-order valence-electron chi connectivity index (χ1n) is 4.79. The average Bonchev–Trinajstić information content (AvgIpc) is 2.77. The molecule has 14 heavy (non-hydrogen) atoms. The van der Waals surface area contributed by atoms with Crippen molar-refractivity contribution in [2.45, 2.75) is 26.9 Å². The van der Waals surface area contributed by atoms with E-state index in [2.05, 4.69) is 30.2 Å². The normalized spacial score (nSPS) is 10.7. The molecule has 4 heteroatoms. The van der Waals surface area contributed by atoms with E-state index in [-0.39, 0.29) is 0 Å². The Morgan fingerprint density at radius 1 is 1.36 bits per heavy atom. The highest BCUT2D eigenvalue weighted by Gasteiger charge is 2.00. The van der Waals surface area contributed by atoms with Crippen LogP contribution in [0.3, 0.4) is 0 Å². The molecule has 2 rings (SSSR count). The molecule has 0 aromatic carbocycles. The number of nitrogens with zero attached hydrogens (tertiary/aromatic N) is 4. The summed E-state index contributed by atoms with van der Waals surface area (Å²) in [6.45, 7) is 5.85. The molecule has 0 amide bonds. The maximum Gasteiger partial charge on any atom is 0.0693 e. The van der Waals surface area contributed by atoms with Gasteiger partial charge in [-0.25, -0.2) is 0 Å². The van der Waals surface area contributed by atoms with E-state index in [1.165, 1.54) is 11.3 Å². The molecule has 0 aliphatic carbocycles. The van der Waals surface area contributed by atoms with Crippen molar-refractivity contribution in [3.05, 3.63) is 35.9 Å². The molecule has 0 aliphatic heterocycles. The summed E-state index contributed by atoms with van der Waals surface area (Å²) in [6.07, 6.45) is 5.77. The van der Waals surface area contributed by atoms with Gasteiger partial charge < -0.3 is 0 Å². The monoisotopic (exact) mass is 190 g/mol. The summed E-state index contributed by atoms with van der Waals surface area (Å²) in [6, 6.07) is 2.00. The predicted octanol–water partition coefficient (Wildman–Crippen LogP) is 1.46. The van der Waals surface area contributed by atoms with Crippen molar-refractivity contribution in [2.75, 3.05) is 0 Å². The summed E-state index contributed by atoms with van der Waals surface area (Å²) in [7, 11) is 0. The second kappa shape index (κ2) is 3.65. The van der Waals surface area contributed by atoms with E-state index in [1.807, 2.05) is 27.8 Å². The van der Waals surface area contributed by atoms with Crippen LogP contribution in [0.2, 0.25) is 0 Å². The molecule has 2 aromatic heterocycles. The van der Waals surface area contributed by atoms with E-state index in [0.717, 1.165) is 13.1 Å². The highest BCUT2D eigenvalue weighted by Crippen LogP contribution is 2.03. The first-order valence-corrected chi connectivity index (χ1v) is 4.79. The predicted molar refractivity (Wildman–Crippen MR) is 54.0 cm³/mol. The Hall–Kier alpha value is -1.58. The third-order valence-electron chi connectivity index (χ3n) is 2.27. The lowest BCUT2D eigenvalue weighted by molar-refractivity contribution is 0.650. The Bertz CT molecular complexity index is 413.